The van der Waals surface area contributed by atoms with Crippen LogP contribution in [0, 0.1) is 0 Å². The average molecular weight is 374 g/mol. The third-order valence-electron chi connectivity index (χ3n) is 4.91. The van der Waals surface area contributed by atoms with Crippen LogP contribution in [0.2, 0.25) is 0 Å². The summed E-state index contributed by atoms with van der Waals surface area (Å²) in [7, 11) is 4.94. The summed E-state index contributed by atoms with van der Waals surface area (Å²) in [4.78, 5) is 0. The van der Waals surface area contributed by atoms with Crippen molar-refractivity contribution in [1.82, 2.24) is 0 Å². The van der Waals surface area contributed by atoms with Gasteiger partial charge in [-0.25, -0.2) is 0 Å². The maximum atomic E-state index is 5.79. The van der Waals surface area contributed by atoms with E-state index in [4.69, 9.17) is 18.9 Å². The molecule has 0 heterocycles. The molecule has 4 heteroatoms. The number of fused-ring (bicyclic) bond motifs is 3. The van der Waals surface area contributed by atoms with Gasteiger partial charge in [0, 0.05) is 18.1 Å². The van der Waals surface area contributed by atoms with E-state index in [2.05, 4.69) is 42.5 Å². The Labute approximate surface area is 164 Å². The summed E-state index contributed by atoms with van der Waals surface area (Å²) >= 11 is 0. The monoisotopic (exact) mass is 374 g/mol. The highest BCUT2D eigenvalue weighted by Crippen LogP contribution is 2.41. The quantitative estimate of drug-likeness (QED) is 0.322. The molecule has 142 valence electrons. The zero-order chi connectivity index (χ0) is 19.5. The fraction of sp³-hybridized carbons (Fsp3) is 0.167. The van der Waals surface area contributed by atoms with Crippen LogP contribution in [0.25, 0.3) is 32.7 Å². The molecule has 0 spiro atoms. The smallest absolute Gasteiger partial charge is 0.188 e. The van der Waals surface area contributed by atoms with Crippen LogP contribution in [0.5, 0.6) is 17.2 Å². The fourth-order valence-corrected chi connectivity index (χ4v) is 3.67. The fourth-order valence-electron chi connectivity index (χ4n) is 3.67. The summed E-state index contributed by atoms with van der Waals surface area (Å²) in [5.74, 6) is 2.27. The van der Waals surface area contributed by atoms with Crippen LogP contribution in [0.4, 0.5) is 0 Å². The molecule has 0 unspecified atom stereocenters. The van der Waals surface area contributed by atoms with Crippen LogP contribution < -0.4 is 14.2 Å². The summed E-state index contributed by atoms with van der Waals surface area (Å²) < 4.78 is 21.9. The topological polar surface area (TPSA) is 36.9 Å². The van der Waals surface area contributed by atoms with Crippen molar-refractivity contribution in [3.63, 3.8) is 0 Å². The normalized spacial score (nSPS) is 11.0. The molecule has 0 bridgehead atoms. The number of ether oxygens (including phenoxy) is 4. The second kappa shape index (κ2) is 7.79. The average Bonchev–Trinajstić information content (AvgIpc) is 2.76. The highest BCUT2D eigenvalue weighted by molar-refractivity contribution is 6.14. The lowest BCUT2D eigenvalue weighted by molar-refractivity contribution is 0.0515. The minimum absolute atomic E-state index is 0.210. The Morgan fingerprint density at radius 3 is 2.07 bits per heavy atom. The molecule has 0 amide bonds. The van der Waals surface area contributed by atoms with Gasteiger partial charge in [-0.3, -0.25) is 0 Å². The molecule has 4 aromatic rings. The number of benzene rings is 4. The first-order chi connectivity index (χ1) is 13.8. The predicted octanol–water partition coefficient (Wildman–Crippen LogP) is 5.66. The number of hydrogen-bond acceptors (Lipinski definition) is 4. The van der Waals surface area contributed by atoms with Crippen molar-refractivity contribution >= 4 is 21.5 Å². The van der Waals surface area contributed by atoms with E-state index < -0.39 is 0 Å². The zero-order valence-electron chi connectivity index (χ0n) is 16.2. The Hall–Kier alpha value is -3.24. The first-order valence-electron chi connectivity index (χ1n) is 9.06. The van der Waals surface area contributed by atoms with Crippen molar-refractivity contribution in [3.05, 3.63) is 66.7 Å². The maximum absolute atomic E-state index is 5.79. The van der Waals surface area contributed by atoms with Gasteiger partial charge in [-0.15, -0.1) is 0 Å². The van der Waals surface area contributed by atoms with Crippen LogP contribution in [0.3, 0.4) is 0 Å². The molecule has 0 aliphatic rings. The maximum Gasteiger partial charge on any atom is 0.188 e. The van der Waals surface area contributed by atoms with E-state index in [-0.39, 0.29) is 6.79 Å². The van der Waals surface area contributed by atoms with E-state index in [1.54, 1.807) is 21.3 Å². The summed E-state index contributed by atoms with van der Waals surface area (Å²) in [5, 5.41) is 4.44. The van der Waals surface area contributed by atoms with Crippen LogP contribution in [0.15, 0.2) is 66.7 Å². The molecule has 0 radical (unpaired) electrons. The molecule has 0 aliphatic heterocycles. The molecule has 0 N–H and O–H groups in total. The van der Waals surface area contributed by atoms with E-state index in [1.165, 1.54) is 0 Å². The molecule has 0 fully saturated rings. The van der Waals surface area contributed by atoms with Crippen molar-refractivity contribution in [2.24, 2.45) is 0 Å². The summed E-state index contributed by atoms with van der Waals surface area (Å²) in [6.45, 7) is 0.210. The molecule has 0 aliphatic carbocycles. The molecule has 4 aromatic carbocycles. The zero-order valence-corrected chi connectivity index (χ0v) is 16.2. The summed E-state index contributed by atoms with van der Waals surface area (Å²) in [6.07, 6.45) is 0. The predicted molar refractivity (Wildman–Crippen MR) is 112 cm³/mol. The summed E-state index contributed by atoms with van der Waals surface area (Å²) in [6, 6.07) is 22.6. The second-order valence-corrected chi connectivity index (χ2v) is 6.41. The standard InChI is InChI=1S/C24H22O4/c1-25-15-28-22-10-5-4-7-20(22)17-9-6-8-16-18(17)11-12-21-19(16)13-14-23(26-2)24(21)27-3/h4-14H,15H2,1-3H3. The van der Waals surface area contributed by atoms with E-state index in [1.807, 2.05) is 24.3 Å². The first kappa shape index (κ1) is 18.1. The number of rotatable bonds is 6. The molecular formula is C24H22O4. The van der Waals surface area contributed by atoms with Crippen LogP contribution in [-0.4, -0.2) is 28.1 Å². The Kier molecular flexibility index (Phi) is 5.04. The van der Waals surface area contributed by atoms with Gasteiger partial charge in [0.1, 0.15) is 5.75 Å². The Balaban J connectivity index is 1.97. The second-order valence-electron chi connectivity index (χ2n) is 6.41. The number of para-hydroxylation sites is 1. The van der Waals surface area contributed by atoms with E-state index in [9.17, 15) is 0 Å². The van der Waals surface area contributed by atoms with E-state index >= 15 is 0 Å². The SMILES string of the molecule is COCOc1ccccc1-c1cccc2c1ccc1c(OC)c(OC)ccc12. The third-order valence-corrected chi connectivity index (χ3v) is 4.91. The van der Waals surface area contributed by atoms with Crippen molar-refractivity contribution in [1.29, 1.82) is 0 Å². The highest BCUT2D eigenvalue weighted by atomic mass is 16.7. The highest BCUT2D eigenvalue weighted by Gasteiger charge is 2.14. The van der Waals surface area contributed by atoms with Gasteiger partial charge in [0.05, 0.1) is 14.2 Å². The van der Waals surface area contributed by atoms with Crippen molar-refractivity contribution in [3.8, 4) is 28.4 Å². The molecule has 28 heavy (non-hydrogen) atoms. The summed E-state index contributed by atoms with van der Waals surface area (Å²) in [5.41, 5.74) is 2.14. The molecule has 0 saturated heterocycles. The van der Waals surface area contributed by atoms with Gasteiger partial charge in [-0.05, 0) is 46.0 Å². The van der Waals surface area contributed by atoms with Crippen LogP contribution >= 0.6 is 0 Å². The number of hydrogen-bond donors (Lipinski definition) is 0. The molecule has 0 saturated carbocycles. The molecule has 0 aromatic heterocycles. The van der Waals surface area contributed by atoms with Gasteiger partial charge in [0.25, 0.3) is 0 Å². The Morgan fingerprint density at radius 2 is 1.29 bits per heavy atom. The lowest BCUT2D eigenvalue weighted by Crippen LogP contribution is -2.00. The Morgan fingerprint density at radius 1 is 0.571 bits per heavy atom. The van der Waals surface area contributed by atoms with Crippen LogP contribution in [-0.2, 0) is 4.74 Å². The van der Waals surface area contributed by atoms with E-state index in [0.717, 1.165) is 49.9 Å². The van der Waals surface area contributed by atoms with E-state index in [0.29, 0.717) is 0 Å². The van der Waals surface area contributed by atoms with Crippen molar-refractivity contribution in [2.75, 3.05) is 28.1 Å². The third kappa shape index (κ3) is 3.02. The van der Waals surface area contributed by atoms with Gasteiger partial charge in [-0.1, -0.05) is 42.5 Å². The molecule has 4 rings (SSSR count). The lowest BCUT2D eigenvalue weighted by Gasteiger charge is -2.15. The van der Waals surface area contributed by atoms with Crippen LogP contribution in [0.1, 0.15) is 0 Å². The van der Waals surface area contributed by atoms with Gasteiger partial charge in [-0.2, -0.15) is 0 Å². The van der Waals surface area contributed by atoms with Crippen molar-refractivity contribution in [2.45, 2.75) is 0 Å². The Bertz CT molecular complexity index is 1130. The van der Waals surface area contributed by atoms with Gasteiger partial charge >= 0.3 is 0 Å². The van der Waals surface area contributed by atoms with Gasteiger partial charge in [0.15, 0.2) is 18.3 Å². The molecular weight excluding hydrogens is 352 g/mol. The number of methoxy groups -OCH3 is 3. The van der Waals surface area contributed by atoms with Gasteiger partial charge < -0.3 is 18.9 Å². The lowest BCUT2D eigenvalue weighted by atomic mass is 9.94. The minimum atomic E-state index is 0.210. The van der Waals surface area contributed by atoms with Gasteiger partial charge in [0.2, 0.25) is 0 Å². The largest absolute Gasteiger partial charge is 0.493 e. The van der Waals surface area contributed by atoms with Crippen molar-refractivity contribution < 1.29 is 18.9 Å². The molecule has 4 nitrogen and oxygen atoms in total. The molecule has 0 atom stereocenters. The minimum Gasteiger partial charge on any atom is -0.493 e. The first-order valence-corrected chi connectivity index (χ1v) is 9.06.